The van der Waals surface area contributed by atoms with Gasteiger partial charge in [0.1, 0.15) is 24.4 Å². The lowest BCUT2D eigenvalue weighted by molar-refractivity contribution is -0.101. The molecule has 1 fully saturated rings. The maximum Gasteiger partial charge on any atom is 0.114 e. The second kappa shape index (κ2) is 18.3. The van der Waals surface area contributed by atoms with E-state index in [1.165, 1.54) is 77.0 Å². The molecule has 0 radical (unpaired) electrons. The van der Waals surface area contributed by atoms with Crippen LogP contribution in [0.1, 0.15) is 96.8 Å². The topological polar surface area (TPSA) is 79.2 Å². The average molecular weight is 415 g/mol. The summed E-state index contributed by atoms with van der Waals surface area (Å²) in [4.78, 5) is 0. The standard InChI is InChI=1S/C24H46O5/c1-2-3-4-5-6-7-8-9-10-11-12-13-14-15-16-17-18-28-22(19-25)24-23(27)21(26)20-29-24/h6-7,21-27H,2-5,8-20H2,1H3/b7-6+/t21-,22+,23+,24+/m1/s1. The van der Waals surface area contributed by atoms with Gasteiger partial charge in [-0.3, -0.25) is 0 Å². The Labute approximate surface area is 178 Å². The molecule has 1 aliphatic rings. The summed E-state index contributed by atoms with van der Waals surface area (Å²) < 4.78 is 11.0. The van der Waals surface area contributed by atoms with Crippen LogP contribution < -0.4 is 0 Å². The molecule has 1 heterocycles. The molecule has 0 spiro atoms. The molecule has 0 saturated carbocycles. The molecule has 5 heteroatoms. The maximum atomic E-state index is 9.83. The first-order valence-electron chi connectivity index (χ1n) is 12.1. The van der Waals surface area contributed by atoms with E-state index >= 15 is 0 Å². The molecule has 4 atom stereocenters. The van der Waals surface area contributed by atoms with Crippen molar-refractivity contribution in [1.82, 2.24) is 0 Å². The first-order chi connectivity index (χ1) is 14.2. The number of allylic oxidation sites excluding steroid dienone is 2. The van der Waals surface area contributed by atoms with E-state index in [2.05, 4.69) is 19.1 Å². The number of aliphatic hydroxyl groups is 3. The molecule has 29 heavy (non-hydrogen) atoms. The Hall–Kier alpha value is -0.460. The van der Waals surface area contributed by atoms with Crippen molar-refractivity contribution in [2.75, 3.05) is 19.8 Å². The van der Waals surface area contributed by atoms with Crippen molar-refractivity contribution in [1.29, 1.82) is 0 Å². The average Bonchev–Trinajstić information content (AvgIpc) is 3.06. The van der Waals surface area contributed by atoms with Gasteiger partial charge < -0.3 is 24.8 Å². The predicted molar refractivity (Wildman–Crippen MR) is 118 cm³/mol. The highest BCUT2D eigenvalue weighted by Crippen LogP contribution is 2.20. The van der Waals surface area contributed by atoms with Crippen LogP contribution >= 0.6 is 0 Å². The SMILES string of the molecule is CCCCC/C=C/CCCCCCCCCCCO[C@@H](CO)[C@@H]1OC[C@@H](O)[C@@H]1O. The highest BCUT2D eigenvalue weighted by atomic mass is 16.6. The van der Waals surface area contributed by atoms with E-state index in [4.69, 9.17) is 9.47 Å². The highest BCUT2D eigenvalue weighted by molar-refractivity contribution is 4.88. The molecule has 3 N–H and O–H groups in total. The van der Waals surface area contributed by atoms with Crippen molar-refractivity contribution in [2.24, 2.45) is 0 Å². The van der Waals surface area contributed by atoms with Crippen molar-refractivity contribution in [3.8, 4) is 0 Å². The second-order valence-electron chi connectivity index (χ2n) is 8.39. The minimum Gasteiger partial charge on any atom is -0.394 e. The van der Waals surface area contributed by atoms with Crippen LogP contribution in [-0.4, -0.2) is 59.6 Å². The highest BCUT2D eigenvalue weighted by Gasteiger charge is 2.40. The van der Waals surface area contributed by atoms with Gasteiger partial charge in [0.05, 0.1) is 13.2 Å². The fourth-order valence-corrected chi connectivity index (χ4v) is 3.79. The summed E-state index contributed by atoms with van der Waals surface area (Å²) in [6.07, 6.45) is 19.4. The number of aliphatic hydroxyl groups excluding tert-OH is 3. The molecule has 0 unspecified atom stereocenters. The number of hydrogen-bond donors (Lipinski definition) is 3. The van der Waals surface area contributed by atoms with E-state index in [1.807, 2.05) is 0 Å². The zero-order chi connectivity index (χ0) is 21.2. The third-order valence-electron chi connectivity index (χ3n) is 5.72. The summed E-state index contributed by atoms with van der Waals surface area (Å²) in [6.45, 7) is 2.70. The van der Waals surface area contributed by atoms with E-state index in [0.29, 0.717) is 6.61 Å². The number of rotatable bonds is 19. The molecule has 0 aromatic heterocycles. The molecular weight excluding hydrogens is 368 g/mol. The Morgan fingerprint density at radius 2 is 1.41 bits per heavy atom. The van der Waals surface area contributed by atoms with Gasteiger partial charge in [0, 0.05) is 6.61 Å². The summed E-state index contributed by atoms with van der Waals surface area (Å²) in [6, 6.07) is 0. The van der Waals surface area contributed by atoms with Crippen LogP contribution in [-0.2, 0) is 9.47 Å². The van der Waals surface area contributed by atoms with Gasteiger partial charge in [-0.2, -0.15) is 0 Å². The van der Waals surface area contributed by atoms with Gasteiger partial charge in [-0.15, -0.1) is 0 Å². The van der Waals surface area contributed by atoms with E-state index in [1.54, 1.807) is 0 Å². The van der Waals surface area contributed by atoms with Crippen molar-refractivity contribution >= 4 is 0 Å². The minimum atomic E-state index is -0.978. The van der Waals surface area contributed by atoms with Gasteiger partial charge in [-0.1, -0.05) is 76.9 Å². The number of ether oxygens (including phenoxy) is 2. The quantitative estimate of drug-likeness (QED) is 0.214. The zero-order valence-corrected chi connectivity index (χ0v) is 18.6. The first-order valence-corrected chi connectivity index (χ1v) is 12.1. The van der Waals surface area contributed by atoms with Crippen LogP contribution in [0.3, 0.4) is 0 Å². The Morgan fingerprint density at radius 1 is 0.862 bits per heavy atom. The smallest absolute Gasteiger partial charge is 0.114 e. The van der Waals surface area contributed by atoms with Gasteiger partial charge >= 0.3 is 0 Å². The van der Waals surface area contributed by atoms with Crippen LogP contribution in [0.2, 0.25) is 0 Å². The molecule has 1 saturated heterocycles. The van der Waals surface area contributed by atoms with Crippen molar-refractivity contribution < 1.29 is 24.8 Å². The van der Waals surface area contributed by atoms with E-state index in [0.717, 1.165) is 12.8 Å². The Morgan fingerprint density at radius 3 is 1.93 bits per heavy atom. The van der Waals surface area contributed by atoms with Crippen LogP contribution in [0.15, 0.2) is 12.2 Å². The lowest BCUT2D eigenvalue weighted by Gasteiger charge is -2.24. The lowest BCUT2D eigenvalue weighted by atomic mass is 10.1. The molecule has 0 aliphatic carbocycles. The van der Waals surface area contributed by atoms with Gasteiger partial charge in [-0.05, 0) is 32.1 Å². The minimum absolute atomic E-state index is 0.0987. The molecule has 0 aromatic rings. The molecule has 0 bridgehead atoms. The fraction of sp³-hybridized carbons (Fsp3) is 0.917. The van der Waals surface area contributed by atoms with E-state index in [-0.39, 0.29) is 13.2 Å². The van der Waals surface area contributed by atoms with Crippen LogP contribution in [0, 0.1) is 0 Å². The Kier molecular flexibility index (Phi) is 16.8. The van der Waals surface area contributed by atoms with Crippen molar-refractivity contribution in [3.63, 3.8) is 0 Å². The maximum absolute atomic E-state index is 9.83. The molecule has 5 nitrogen and oxygen atoms in total. The third-order valence-corrected chi connectivity index (χ3v) is 5.72. The second-order valence-corrected chi connectivity index (χ2v) is 8.39. The summed E-state index contributed by atoms with van der Waals surface area (Å²) in [5.74, 6) is 0. The van der Waals surface area contributed by atoms with E-state index in [9.17, 15) is 15.3 Å². The van der Waals surface area contributed by atoms with Crippen LogP contribution in [0.4, 0.5) is 0 Å². The van der Waals surface area contributed by atoms with Gasteiger partial charge in [-0.25, -0.2) is 0 Å². The number of unbranched alkanes of at least 4 members (excludes halogenated alkanes) is 12. The zero-order valence-electron chi connectivity index (χ0n) is 18.6. The first kappa shape index (κ1) is 26.6. The summed E-state index contributed by atoms with van der Waals surface area (Å²) >= 11 is 0. The molecule has 1 aliphatic heterocycles. The van der Waals surface area contributed by atoms with Gasteiger partial charge in [0.25, 0.3) is 0 Å². The molecule has 172 valence electrons. The summed E-state index contributed by atoms with van der Waals surface area (Å²) in [5.41, 5.74) is 0. The summed E-state index contributed by atoms with van der Waals surface area (Å²) in [5, 5.41) is 28.8. The molecular formula is C24H46O5. The van der Waals surface area contributed by atoms with Gasteiger partial charge in [0.15, 0.2) is 0 Å². The van der Waals surface area contributed by atoms with Crippen LogP contribution in [0.5, 0.6) is 0 Å². The van der Waals surface area contributed by atoms with E-state index < -0.39 is 24.4 Å². The summed E-state index contributed by atoms with van der Waals surface area (Å²) in [7, 11) is 0. The van der Waals surface area contributed by atoms with Crippen molar-refractivity contribution in [2.45, 2.75) is 121 Å². The van der Waals surface area contributed by atoms with Gasteiger partial charge in [0.2, 0.25) is 0 Å². The predicted octanol–water partition coefficient (Wildman–Crippen LogP) is 4.52. The number of hydrogen-bond acceptors (Lipinski definition) is 5. The van der Waals surface area contributed by atoms with Crippen molar-refractivity contribution in [3.05, 3.63) is 12.2 Å². The Balaban J connectivity index is 1.84. The normalized spacial score (nSPS) is 23.2. The largest absolute Gasteiger partial charge is 0.394 e. The molecule has 0 aromatic carbocycles. The lowest BCUT2D eigenvalue weighted by Crippen LogP contribution is -2.42. The monoisotopic (exact) mass is 414 g/mol. The van der Waals surface area contributed by atoms with Crippen LogP contribution in [0.25, 0.3) is 0 Å². The Bertz CT molecular complexity index is 387. The fourth-order valence-electron chi connectivity index (χ4n) is 3.79. The molecule has 0 amide bonds. The third kappa shape index (κ3) is 12.7. The molecule has 1 rings (SSSR count).